The molecule has 0 aliphatic rings. The maximum absolute atomic E-state index is 3.19. The van der Waals surface area contributed by atoms with Crippen LogP contribution in [0.4, 0.5) is 0 Å². The Kier molecular flexibility index (Phi) is 5.99. The number of aromatic nitrogens is 1. The minimum atomic E-state index is 1.22. The Morgan fingerprint density at radius 2 is 1.22 bits per heavy atom. The second-order valence-electron chi connectivity index (χ2n) is 5.31. The molecule has 0 atom stereocenters. The predicted octanol–water partition coefficient (Wildman–Crippen LogP) is 6.65. The first-order valence-electron chi connectivity index (χ1n) is 8.23. The van der Waals surface area contributed by atoms with E-state index in [-0.39, 0.29) is 0 Å². The van der Waals surface area contributed by atoms with Crippen LogP contribution in [0, 0.1) is 13.8 Å². The Hall–Kier alpha value is -2.54. The Labute approximate surface area is 139 Å². The predicted molar refractivity (Wildman–Crippen MR) is 103 cm³/mol. The van der Waals surface area contributed by atoms with Crippen LogP contribution in [0.1, 0.15) is 25.0 Å². The summed E-state index contributed by atoms with van der Waals surface area (Å²) in [6.45, 7) is 8.25. The van der Waals surface area contributed by atoms with E-state index in [2.05, 4.69) is 79.5 Å². The normalized spacial score (nSPS) is 9.74. The van der Waals surface area contributed by atoms with Gasteiger partial charge in [-0.05, 0) is 41.8 Å². The van der Waals surface area contributed by atoms with Gasteiger partial charge >= 0.3 is 0 Å². The van der Waals surface area contributed by atoms with E-state index in [4.69, 9.17) is 0 Å². The smallest absolute Gasteiger partial charge is 0.0456 e. The van der Waals surface area contributed by atoms with Gasteiger partial charge in [0.15, 0.2) is 0 Å². The van der Waals surface area contributed by atoms with Crippen LogP contribution in [0.2, 0.25) is 0 Å². The van der Waals surface area contributed by atoms with Crippen molar-refractivity contribution in [2.24, 2.45) is 0 Å². The van der Waals surface area contributed by atoms with Gasteiger partial charge in [-0.3, -0.25) is 0 Å². The van der Waals surface area contributed by atoms with Gasteiger partial charge < -0.3 is 4.98 Å². The molecule has 1 heterocycles. The Balaban J connectivity index is 0.000000152. The summed E-state index contributed by atoms with van der Waals surface area (Å²) >= 11 is 0. The average molecular weight is 303 g/mol. The zero-order chi connectivity index (χ0) is 16.7. The maximum atomic E-state index is 3.19. The number of aryl methyl sites for hydroxylation is 2. The standard InChI is InChI=1S/C11H10.C9H9N.C2H6/c1-9-5-4-7-10-6-2-3-8-11(9)10;1-7-6-10-9-5-3-2-4-8(7)9;1-2/h2-8H,1H3;2-6,10H,1H3;1-2H3. The van der Waals surface area contributed by atoms with Crippen LogP contribution < -0.4 is 0 Å². The first-order chi connectivity index (χ1) is 11.3. The summed E-state index contributed by atoms with van der Waals surface area (Å²) in [6, 6.07) is 23.1. The van der Waals surface area contributed by atoms with Crippen LogP contribution in [0.5, 0.6) is 0 Å². The largest absolute Gasteiger partial charge is 0.361 e. The van der Waals surface area contributed by atoms with Crippen molar-refractivity contribution in [2.75, 3.05) is 0 Å². The molecule has 1 aromatic heterocycles. The first kappa shape index (κ1) is 16.8. The number of hydrogen-bond acceptors (Lipinski definition) is 0. The minimum Gasteiger partial charge on any atom is -0.361 e. The lowest BCUT2D eigenvalue weighted by molar-refractivity contribution is 1.43. The van der Waals surface area contributed by atoms with Gasteiger partial charge in [0.25, 0.3) is 0 Å². The first-order valence-corrected chi connectivity index (χ1v) is 8.23. The van der Waals surface area contributed by atoms with Gasteiger partial charge in [0, 0.05) is 17.1 Å². The number of hydrogen-bond donors (Lipinski definition) is 1. The Morgan fingerprint density at radius 3 is 1.91 bits per heavy atom. The van der Waals surface area contributed by atoms with E-state index < -0.39 is 0 Å². The van der Waals surface area contributed by atoms with E-state index >= 15 is 0 Å². The lowest BCUT2D eigenvalue weighted by atomic mass is 10.1. The molecule has 0 amide bonds. The number of fused-ring (bicyclic) bond motifs is 2. The van der Waals surface area contributed by atoms with Crippen LogP contribution in [-0.2, 0) is 0 Å². The molecule has 0 spiro atoms. The molecule has 0 fully saturated rings. The number of nitrogens with one attached hydrogen (secondary N) is 1. The molecule has 0 aliphatic heterocycles. The molecule has 0 bridgehead atoms. The number of rotatable bonds is 0. The van der Waals surface area contributed by atoms with Crippen molar-refractivity contribution in [3.05, 3.63) is 84.1 Å². The van der Waals surface area contributed by atoms with Crippen LogP contribution in [0.25, 0.3) is 21.7 Å². The maximum Gasteiger partial charge on any atom is 0.0456 e. The molecule has 4 aromatic rings. The molecule has 1 heteroatoms. The van der Waals surface area contributed by atoms with Crippen molar-refractivity contribution in [3.8, 4) is 0 Å². The summed E-state index contributed by atoms with van der Waals surface area (Å²) in [5.41, 5.74) is 3.89. The lowest BCUT2D eigenvalue weighted by Crippen LogP contribution is -1.75. The molecule has 0 radical (unpaired) electrons. The molecule has 1 N–H and O–H groups in total. The Bertz CT molecular complexity index is 866. The summed E-state index contributed by atoms with van der Waals surface area (Å²) in [7, 11) is 0. The molecule has 118 valence electrons. The van der Waals surface area contributed by atoms with Crippen molar-refractivity contribution >= 4 is 21.7 Å². The monoisotopic (exact) mass is 303 g/mol. The van der Waals surface area contributed by atoms with Crippen LogP contribution >= 0.6 is 0 Å². The third-order valence-corrected chi connectivity index (χ3v) is 3.80. The van der Waals surface area contributed by atoms with E-state index in [0.29, 0.717) is 0 Å². The third-order valence-electron chi connectivity index (χ3n) is 3.80. The number of aromatic amines is 1. The van der Waals surface area contributed by atoms with Crippen molar-refractivity contribution in [3.63, 3.8) is 0 Å². The third kappa shape index (κ3) is 4.01. The molecule has 0 unspecified atom stereocenters. The van der Waals surface area contributed by atoms with Gasteiger partial charge in [0.05, 0.1) is 0 Å². The second-order valence-corrected chi connectivity index (χ2v) is 5.31. The SMILES string of the molecule is CC.Cc1c[nH]c2ccccc12.Cc1cccc2ccccc12. The fraction of sp³-hybridized carbons (Fsp3) is 0.182. The molecule has 3 aromatic carbocycles. The molecule has 23 heavy (non-hydrogen) atoms. The molecular formula is C22H25N. The van der Waals surface area contributed by atoms with Gasteiger partial charge in [0.2, 0.25) is 0 Å². The molecular weight excluding hydrogens is 278 g/mol. The lowest BCUT2D eigenvalue weighted by Gasteiger charge is -1.98. The number of benzene rings is 3. The van der Waals surface area contributed by atoms with Crippen molar-refractivity contribution < 1.29 is 0 Å². The molecule has 4 rings (SSSR count). The van der Waals surface area contributed by atoms with E-state index in [9.17, 15) is 0 Å². The highest BCUT2D eigenvalue weighted by molar-refractivity contribution is 5.85. The summed E-state index contributed by atoms with van der Waals surface area (Å²) in [4.78, 5) is 3.19. The average Bonchev–Trinajstić information content (AvgIpc) is 3.00. The van der Waals surface area contributed by atoms with Crippen molar-refractivity contribution in [2.45, 2.75) is 27.7 Å². The topological polar surface area (TPSA) is 15.8 Å². The summed E-state index contributed by atoms with van der Waals surface area (Å²) in [5, 5.41) is 4.00. The molecule has 0 saturated heterocycles. The molecule has 0 saturated carbocycles. The Morgan fingerprint density at radius 1 is 0.609 bits per heavy atom. The van der Waals surface area contributed by atoms with Crippen molar-refractivity contribution in [1.29, 1.82) is 0 Å². The van der Waals surface area contributed by atoms with Gasteiger partial charge in [-0.25, -0.2) is 0 Å². The van der Waals surface area contributed by atoms with Crippen LogP contribution in [0.3, 0.4) is 0 Å². The fourth-order valence-corrected chi connectivity index (χ4v) is 2.60. The van der Waals surface area contributed by atoms with Crippen LogP contribution in [-0.4, -0.2) is 4.98 Å². The number of H-pyrrole nitrogens is 1. The highest BCUT2D eigenvalue weighted by atomic mass is 14.7. The van der Waals surface area contributed by atoms with Gasteiger partial charge in [-0.2, -0.15) is 0 Å². The summed E-state index contributed by atoms with van der Waals surface area (Å²) < 4.78 is 0. The van der Waals surface area contributed by atoms with Gasteiger partial charge in [-0.15, -0.1) is 0 Å². The number of para-hydroxylation sites is 1. The van der Waals surface area contributed by atoms with Gasteiger partial charge in [-0.1, -0.05) is 74.5 Å². The summed E-state index contributed by atoms with van der Waals surface area (Å²) in [5.74, 6) is 0. The quantitative estimate of drug-likeness (QED) is 0.374. The molecule has 1 nitrogen and oxygen atoms in total. The van der Waals surface area contributed by atoms with Crippen LogP contribution in [0.15, 0.2) is 72.9 Å². The summed E-state index contributed by atoms with van der Waals surface area (Å²) in [6.07, 6.45) is 2.03. The zero-order valence-electron chi connectivity index (χ0n) is 14.4. The van der Waals surface area contributed by atoms with Crippen molar-refractivity contribution in [1.82, 2.24) is 4.98 Å². The fourth-order valence-electron chi connectivity index (χ4n) is 2.60. The molecule has 0 aliphatic carbocycles. The van der Waals surface area contributed by atoms with E-state index in [0.717, 1.165) is 0 Å². The van der Waals surface area contributed by atoms with Gasteiger partial charge in [0.1, 0.15) is 0 Å². The zero-order valence-corrected chi connectivity index (χ0v) is 14.4. The minimum absolute atomic E-state index is 1.22. The highest BCUT2D eigenvalue weighted by Gasteiger charge is 1.94. The van der Waals surface area contributed by atoms with E-state index in [1.165, 1.54) is 32.8 Å². The van der Waals surface area contributed by atoms with E-state index in [1.54, 1.807) is 0 Å². The van der Waals surface area contributed by atoms with E-state index in [1.807, 2.05) is 26.1 Å². The second kappa shape index (κ2) is 8.19. The highest BCUT2D eigenvalue weighted by Crippen LogP contribution is 2.17.